The molecule has 112 valence electrons. The summed E-state index contributed by atoms with van der Waals surface area (Å²) in [6.45, 7) is 2.22. The first kappa shape index (κ1) is 14.2. The number of aromatic nitrogens is 2. The van der Waals surface area contributed by atoms with Gasteiger partial charge in [-0.05, 0) is 30.8 Å². The van der Waals surface area contributed by atoms with Crippen molar-refractivity contribution in [3.63, 3.8) is 0 Å². The van der Waals surface area contributed by atoms with Crippen LogP contribution in [0.25, 0.3) is 6.08 Å². The Morgan fingerprint density at radius 1 is 1.38 bits per heavy atom. The number of allylic oxidation sites excluding steroid dienone is 1. The summed E-state index contributed by atoms with van der Waals surface area (Å²) in [4.78, 5) is 19.5. The van der Waals surface area contributed by atoms with Crippen molar-refractivity contribution < 1.29 is 9.18 Å². The van der Waals surface area contributed by atoms with Gasteiger partial charge in [0.2, 0.25) is 0 Å². The number of hydrogen-bond donors (Lipinski definition) is 1. The first-order chi connectivity index (χ1) is 10.0. The molecule has 2 aliphatic rings. The van der Waals surface area contributed by atoms with Crippen LogP contribution in [0, 0.1) is 11.8 Å². The fourth-order valence-corrected chi connectivity index (χ4v) is 3.47. The predicted molar refractivity (Wildman–Crippen MR) is 78.1 cm³/mol. The maximum Gasteiger partial charge on any atom is 0.268 e. The third-order valence-electron chi connectivity index (χ3n) is 4.80. The minimum atomic E-state index is -1.46. The van der Waals surface area contributed by atoms with E-state index in [1.54, 1.807) is 12.2 Å². The summed E-state index contributed by atoms with van der Waals surface area (Å²) in [7, 11) is 0. The second-order valence-electron chi connectivity index (χ2n) is 6.28. The van der Waals surface area contributed by atoms with Gasteiger partial charge in [-0.1, -0.05) is 25.8 Å². The predicted octanol–water partition coefficient (Wildman–Crippen LogP) is 2.98. The monoisotopic (exact) mass is 289 g/mol. The van der Waals surface area contributed by atoms with E-state index in [0.717, 1.165) is 25.7 Å². The van der Waals surface area contributed by atoms with E-state index in [9.17, 15) is 4.79 Å². The molecule has 21 heavy (non-hydrogen) atoms. The van der Waals surface area contributed by atoms with Gasteiger partial charge in [0.05, 0.1) is 11.9 Å². The topological polar surface area (TPSA) is 68.9 Å². The highest BCUT2D eigenvalue weighted by atomic mass is 19.1. The number of rotatable bonds is 2. The highest BCUT2D eigenvalue weighted by Crippen LogP contribution is 2.47. The van der Waals surface area contributed by atoms with Gasteiger partial charge in [-0.25, -0.2) is 9.37 Å². The van der Waals surface area contributed by atoms with Crippen LogP contribution in [0.1, 0.15) is 60.9 Å². The number of nitrogens with two attached hydrogens (primary N) is 1. The van der Waals surface area contributed by atoms with E-state index in [0.29, 0.717) is 23.7 Å². The van der Waals surface area contributed by atoms with Crippen LogP contribution in [0.4, 0.5) is 4.39 Å². The van der Waals surface area contributed by atoms with E-state index in [1.807, 2.05) is 0 Å². The molecule has 2 N–H and O–H groups in total. The molecule has 1 atom stereocenters. The molecule has 1 heterocycles. The molecular weight excluding hydrogens is 269 g/mol. The van der Waals surface area contributed by atoms with Gasteiger partial charge in [0, 0.05) is 6.42 Å². The first-order valence-corrected chi connectivity index (χ1v) is 7.53. The second kappa shape index (κ2) is 5.20. The summed E-state index contributed by atoms with van der Waals surface area (Å²) in [5, 5.41) is 0. The molecule has 1 aromatic heterocycles. The van der Waals surface area contributed by atoms with E-state index in [4.69, 9.17) is 5.73 Å². The van der Waals surface area contributed by atoms with Gasteiger partial charge in [-0.15, -0.1) is 0 Å². The Morgan fingerprint density at radius 3 is 2.76 bits per heavy atom. The lowest BCUT2D eigenvalue weighted by atomic mass is 9.70. The van der Waals surface area contributed by atoms with Crippen LogP contribution in [-0.4, -0.2) is 15.9 Å². The summed E-state index contributed by atoms with van der Waals surface area (Å²) < 4.78 is 15.6. The number of carbonyl (C=O) groups excluding carboxylic acids is 1. The maximum atomic E-state index is 15.6. The average Bonchev–Trinajstić information content (AvgIpc) is 2.47. The number of amides is 1. The summed E-state index contributed by atoms with van der Waals surface area (Å²) in [6.07, 6.45) is 9.03. The zero-order valence-electron chi connectivity index (χ0n) is 12.2. The summed E-state index contributed by atoms with van der Waals surface area (Å²) >= 11 is 0. The lowest BCUT2D eigenvalue weighted by Gasteiger charge is -2.38. The zero-order chi connectivity index (χ0) is 15.0. The molecule has 0 spiro atoms. The highest BCUT2D eigenvalue weighted by molar-refractivity contribution is 5.90. The average molecular weight is 289 g/mol. The van der Waals surface area contributed by atoms with Crippen molar-refractivity contribution in [3.05, 3.63) is 29.4 Å². The van der Waals surface area contributed by atoms with Crippen LogP contribution in [0.2, 0.25) is 0 Å². The molecule has 0 aliphatic heterocycles. The second-order valence-corrected chi connectivity index (χ2v) is 6.28. The number of fused-ring (bicyclic) bond motifs is 1. The smallest absolute Gasteiger partial charge is 0.268 e. The Bertz CT molecular complexity index is 593. The number of hydrogen-bond acceptors (Lipinski definition) is 3. The van der Waals surface area contributed by atoms with Gasteiger partial charge < -0.3 is 5.73 Å². The third-order valence-corrected chi connectivity index (χ3v) is 4.80. The van der Waals surface area contributed by atoms with Crippen LogP contribution >= 0.6 is 0 Å². The van der Waals surface area contributed by atoms with Crippen molar-refractivity contribution in [2.45, 2.75) is 44.7 Å². The van der Waals surface area contributed by atoms with E-state index in [-0.39, 0.29) is 11.6 Å². The fourth-order valence-electron chi connectivity index (χ4n) is 3.47. The molecule has 0 bridgehead atoms. The Labute approximate surface area is 123 Å². The Balaban J connectivity index is 1.96. The van der Waals surface area contributed by atoms with Crippen LogP contribution in [-0.2, 0) is 5.67 Å². The molecule has 1 amide bonds. The number of halogens is 1. The van der Waals surface area contributed by atoms with Gasteiger partial charge in [0.1, 0.15) is 11.4 Å². The lowest BCUT2D eigenvalue weighted by Crippen LogP contribution is -2.36. The van der Waals surface area contributed by atoms with E-state index in [1.165, 1.54) is 6.20 Å². The third kappa shape index (κ3) is 2.45. The molecule has 0 saturated heterocycles. The molecular formula is C16H20FN3O. The summed E-state index contributed by atoms with van der Waals surface area (Å²) in [5.41, 5.74) is 4.64. The van der Waals surface area contributed by atoms with Crippen molar-refractivity contribution in [1.82, 2.24) is 9.97 Å². The highest BCUT2D eigenvalue weighted by Gasteiger charge is 2.45. The van der Waals surface area contributed by atoms with Crippen LogP contribution in [0.5, 0.6) is 0 Å². The molecule has 3 rings (SSSR count). The van der Waals surface area contributed by atoms with Crippen molar-refractivity contribution in [2.24, 2.45) is 17.6 Å². The van der Waals surface area contributed by atoms with Gasteiger partial charge in [0.15, 0.2) is 5.67 Å². The normalized spacial score (nSPS) is 31.7. The van der Waals surface area contributed by atoms with Gasteiger partial charge in [-0.3, -0.25) is 9.78 Å². The Hall–Kier alpha value is -1.78. The first-order valence-electron chi connectivity index (χ1n) is 7.53. The number of alkyl halides is 1. The minimum absolute atomic E-state index is 0.0221. The van der Waals surface area contributed by atoms with E-state index in [2.05, 4.69) is 16.9 Å². The molecule has 0 aromatic carbocycles. The fraction of sp³-hybridized carbons (Fsp3) is 0.562. The summed E-state index contributed by atoms with van der Waals surface area (Å²) in [6, 6.07) is 0. The Morgan fingerprint density at radius 2 is 2.10 bits per heavy atom. The Kier molecular flexibility index (Phi) is 3.51. The number of nitrogens with zero attached hydrogens (tertiary/aromatic N) is 2. The molecule has 2 aliphatic carbocycles. The standard InChI is InChI=1S/C16H20FN3O/c1-10-4-6-11(7-5-10)16(17)8-2-3-12-14(16)19-9-13(20-12)15(18)21/h2-3,9-11H,4-8H2,1H3,(H2,18,21). The largest absolute Gasteiger partial charge is 0.364 e. The molecule has 5 heteroatoms. The number of primary amides is 1. The van der Waals surface area contributed by atoms with Crippen molar-refractivity contribution in [2.75, 3.05) is 0 Å². The van der Waals surface area contributed by atoms with Gasteiger partial charge >= 0.3 is 0 Å². The van der Waals surface area contributed by atoms with Crippen LogP contribution < -0.4 is 5.73 Å². The number of carbonyl (C=O) groups is 1. The maximum absolute atomic E-state index is 15.6. The molecule has 1 fully saturated rings. The zero-order valence-corrected chi connectivity index (χ0v) is 12.2. The van der Waals surface area contributed by atoms with Crippen molar-refractivity contribution in [1.29, 1.82) is 0 Å². The quantitative estimate of drug-likeness (QED) is 0.910. The molecule has 0 radical (unpaired) electrons. The van der Waals surface area contributed by atoms with Crippen molar-refractivity contribution >= 4 is 12.0 Å². The van der Waals surface area contributed by atoms with Crippen molar-refractivity contribution in [3.8, 4) is 0 Å². The van der Waals surface area contributed by atoms with E-state index < -0.39 is 11.6 Å². The summed E-state index contributed by atoms with van der Waals surface area (Å²) in [5.74, 6) is 0.0122. The van der Waals surface area contributed by atoms with Crippen LogP contribution in [0.15, 0.2) is 12.3 Å². The molecule has 1 saturated carbocycles. The lowest BCUT2D eigenvalue weighted by molar-refractivity contribution is 0.0407. The van der Waals surface area contributed by atoms with Gasteiger partial charge in [-0.2, -0.15) is 0 Å². The molecule has 4 nitrogen and oxygen atoms in total. The SMILES string of the molecule is CC1CCC(C2(F)CC=Cc3nc(C(N)=O)cnc32)CC1. The van der Waals surface area contributed by atoms with Gasteiger partial charge in [0.25, 0.3) is 5.91 Å². The van der Waals surface area contributed by atoms with Crippen LogP contribution in [0.3, 0.4) is 0 Å². The minimum Gasteiger partial charge on any atom is -0.364 e. The molecule has 1 aromatic rings. The van der Waals surface area contributed by atoms with E-state index >= 15 is 4.39 Å². The molecule has 1 unspecified atom stereocenters.